The van der Waals surface area contributed by atoms with Crippen LogP contribution in [0.5, 0.6) is 0 Å². The maximum Gasteiger partial charge on any atom is 0.220 e. The van der Waals surface area contributed by atoms with Crippen molar-refractivity contribution in [1.82, 2.24) is 5.32 Å². The van der Waals surface area contributed by atoms with E-state index in [1.165, 1.54) is 0 Å². The van der Waals surface area contributed by atoms with Crippen molar-refractivity contribution in [3.8, 4) is 0 Å². The third-order valence-corrected chi connectivity index (χ3v) is 2.63. The highest BCUT2D eigenvalue weighted by Gasteiger charge is 2.08. The Labute approximate surface area is 91.0 Å². The van der Waals surface area contributed by atoms with Gasteiger partial charge in [0.15, 0.2) is 0 Å². The van der Waals surface area contributed by atoms with Crippen molar-refractivity contribution in [3.05, 3.63) is 0 Å². The maximum atomic E-state index is 11.2. The van der Waals surface area contributed by atoms with Crippen molar-refractivity contribution >= 4 is 17.7 Å². The predicted molar refractivity (Wildman–Crippen MR) is 61.7 cm³/mol. The summed E-state index contributed by atoms with van der Waals surface area (Å²) in [7, 11) is 1.69. The van der Waals surface area contributed by atoms with Crippen molar-refractivity contribution in [2.75, 3.05) is 25.7 Å². The predicted octanol–water partition coefficient (Wildman–Crippen LogP) is 1.67. The third kappa shape index (κ3) is 7.21. The van der Waals surface area contributed by atoms with Gasteiger partial charge in [-0.05, 0) is 24.9 Å². The molecule has 1 atom stereocenters. The summed E-state index contributed by atoms with van der Waals surface area (Å²) in [4.78, 5) is 11.2. The number of rotatable bonds is 8. The fourth-order valence-electron chi connectivity index (χ4n) is 1.10. The van der Waals surface area contributed by atoms with Crippen molar-refractivity contribution in [2.24, 2.45) is 0 Å². The smallest absolute Gasteiger partial charge is 0.220 e. The lowest BCUT2D eigenvalue weighted by Crippen LogP contribution is -2.33. The highest BCUT2D eigenvalue weighted by molar-refractivity contribution is 7.98. The number of thioether (sulfide) groups is 1. The molecule has 1 amide bonds. The zero-order valence-corrected chi connectivity index (χ0v) is 10.2. The maximum absolute atomic E-state index is 11.2. The highest BCUT2D eigenvalue weighted by Crippen LogP contribution is 2.02. The summed E-state index contributed by atoms with van der Waals surface area (Å²) < 4.78 is 5.25. The Morgan fingerprint density at radius 3 is 2.79 bits per heavy atom. The first kappa shape index (κ1) is 13.8. The van der Waals surface area contributed by atoms with Crippen LogP contribution in [0.4, 0.5) is 0 Å². The molecule has 0 bridgehead atoms. The number of hydrogen-bond donors (Lipinski definition) is 1. The van der Waals surface area contributed by atoms with E-state index in [1.807, 2.05) is 6.92 Å². The van der Waals surface area contributed by atoms with Gasteiger partial charge in [-0.1, -0.05) is 6.92 Å². The van der Waals surface area contributed by atoms with Crippen molar-refractivity contribution in [2.45, 2.75) is 32.3 Å². The average molecular weight is 219 g/mol. The first-order valence-electron chi connectivity index (χ1n) is 5.03. The summed E-state index contributed by atoms with van der Waals surface area (Å²) in [5.41, 5.74) is 0. The second-order valence-electron chi connectivity index (χ2n) is 3.19. The first-order chi connectivity index (χ1) is 6.74. The molecule has 0 aliphatic rings. The summed E-state index contributed by atoms with van der Waals surface area (Å²) in [6, 6.07) is 0. The van der Waals surface area contributed by atoms with E-state index in [1.54, 1.807) is 18.9 Å². The molecule has 4 heteroatoms. The normalized spacial score (nSPS) is 12.5. The SMILES string of the molecule is CCCC(=O)NCC(CCSC)OC. The van der Waals surface area contributed by atoms with Crippen LogP contribution in [0, 0.1) is 0 Å². The standard InChI is InChI=1S/C10H21NO2S/c1-4-5-10(12)11-8-9(13-2)6-7-14-3/h9H,4-8H2,1-3H3,(H,11,12). The molecule has 1 unspecified atom stereocenters. The molecule has 0 aromatic carbocycles. The van der Waals surface area contributed by atoms with Crippen LogP contribution in [-0.4, -0.2) is 37.7 Å². The number of amides is 1. The molecular formula is C10H21NO2S. The molecule has 0 aliphatic carbocycles. The average Bonchev–Trinajstić information content (AvgIpc) is 2.19. The van der Waals surface area contributed by atoms with Gasteiger partial charge in [-0.3, -0.25) is 4.79 Å². The Balaban J connectivity index is 3.55. The molecule has 0 saturated carbocycles. The van der Waals surface area contributed by atoms with Gasteiger partial charge in [0.05, 0.1) is 6.10 Å². The molecule has 0 heterocycles. The molecule has 1 N–H and O–H groups in total. The third-order valence-electron chi connectivity index (χ3n) is 1.98. The second kappa shape index (κ2) is 9.34. The van der Waals surface area contributed by atoms with Gasteiger partial charge in [-0.15, -0.1) is 0 Å². The Kier molecular flexibility index (Phi) is 9.19. The number of carbonyl (C=O) groups is 1. The fourth-order valence-corrected chi connectivity index (χ4v) is 1.59. The Morgan fingerprint density at radius 1 is 1.57 bits per heavy atom. The number of ether oxygens (including phenoxy) is 1. The molecule has 0 rings (SSSR count). The Bertz CT molecular complexity index is 153. The monoisotopic (exact) mass is 219 g/mol. The van der Waals surface area contributed by atoms with E-state index < -0.39 is 0 Å². The highest BCUT2D eigenvalue weighted by atomic mass is 32.2. The summed E-state index contributed by atoms with van der Waals surface area (Å²) in [5, 5.41) is 2.87. The minimum Gasteiger partial charge on any atom is -0.380 e. The van der Waals surface area contributed by atoms with Crippen LogP contribution >= 0.6 is 11.8 Å². The number of nitrogens with one attached hydrogen (secondary N) is 1. The Hall–Kier alpha value is -0.220. The minimum atomic E-state index is 0.124. The molecule has 0 aliphatic heterocycles. The summed E-state index contributed by atoms with van der Waals surface area (Å²) in [6.45, 7) is 2.64. The molecule has 0 aromatic rings. The van der Waals surface area contributed by atoms with Crippen LogP contribution in [0.15, 0.2) is 0 Å². The molecule has 14 heavy (non-hydrogen) atoms. The molecule has 0 fully saturated rings. The zero-order chi connectivity index (χ0) is 10.8. The van der Waals surface area contributed by atoms with Crippen LogP contribution in [-0.2, 0) is 9.53 Å². The van der Waals surface area contributed by atoms with Gasteiger partial charge in [0.1, 0.15) is 0 Å². The van der Waals surface area contributed by atoms with Gasteiger partial charge in [0, 0.05) is 20.1 Å². The summed E-state index contributed by atoms with van der Waals surface area (Å²) in [5.74, 6) is 1.20. The molecule has 0 aromatic heterocycles. The van der Waals surface area contributed by atoms with Gasteiger partial charge >= 0.3 is 0 Å². The van der Waals surface area contributed by atoms with E-state index in [2.05, 4.69) is 11.6 Å². The second-order valence-corrected chi connectivity index (χ2v) is 4.18. The van der Waals surface area contributed by atoms with Crippen molar-refractivity contribution in [1.29, 1.82) is 0 Å². The molecule has 84 valence electrons. The molecule has 0 saturated heterocycles. The van der Waals surface area contributed by atoms with Crippen molar-refractivity contribution < 1.29 is 9.53 Å². The van der Waals surface area contributed by atoms with Crippen molar-refractivity contribution in [3.63, 3.8) is 0 Å². The van der Waals surface area contributed by atoms with E-state index in [0.29, 0.717) is 13.0 Å². The molecule has 0 spiro atoms. The summed E-state index contributed by atoms with van der Waals surface area (Å²) in [6.07, 6.45) is 4.72. The van der Waals surface area contributed by atoms with Gasteiger partial charge in [-0.2, -0.15) is 11.8 Å². The van der Waals surface area contributed by atoms with Crippen LogP contribution < -0.4 is 5.32 Å². The lowest BCUT2D eigenvalue weighted by atomic mass is 10.2. The van der Waals surface area contributed by atoms with Gasteiger partial charge < -0.3 is 10.1 Å². The quantitative estimate of drug-likeness (QED) is 0.675. The van der Waals surface area contributed by atoms with E-state index in [0.717, 1.165) is 18.6 Å². The molecular weight excluding hydrogens is 198 g/mol. The van der Waals surface area contributed by atoms with Crippen LogP contribution in [0.25, 0.3) is 0 Å². The van der Waals surface area contributed by atoms with Gasteiger partial charge in [-0.25, -0.2) is 0 Å². The van der Waals surface area contributed by atoms with Crippen LogP contribution in [0.2, 0.25) is 0 Å². The van der Waals surface area contributed by atoms with Gasteiger partial charge in [0.2, 0.25) is 5.91 Å². The van der Waals surface area contributed by atoms with E-state index >= 15 is 0 Å². The lowest BCUT2D eigenvalue weighted by Gasteiger charge is -2.15. The first-order valence-corrected chi connectivity index (χ1v) is 6.42. The van der Waals surface area contributed by atoms with E-state index in [4.69, 9.17) is 4.74 Å². The number of carbonyl (C=O) groups excluding carboxylic acids is 1. The van der Waals surface area contributed by atoms with Gasteiger partial charge in [0.25, 0.3) is 0 Å². The fraction of sp³-hybridized carbons (Fsp3) is 0.900. The molecule has 0 radical (unpaired) electrons. The van der Waals surface area contributed by atoms with E-state index in [-0.39, 0.29) is 12.0 Å². The largest absolute Gasteiger partial charge is 0.380 e. The van der Waals surface area contributed by atoms with Crippen LogP contribution in [0.1, 0.15) is 26.2 Å². The zero-order valence-electron chi connectivity index (χ0n) is 9.34. The lowest BCUT2D eigenvalue weighted by molar-refractivity contribution is -0.121. The topological polar surface area (TPSA) is 38.3 Å². The minimum absolute atomic E-state index is 0.124. The molecule has 3 nitrogen and oxygen atoms in total. The number of methoxy groups -OCH3 is 1. The Morgan fingerprint density at radius 2 is 2.29 bits per heavy atom. The van der Waals surface area contributed by atoms with E-state index in [9.17, 15) is 4.79 Å². The number of hydrogen-bond acceptors (Lipinski definition) is 3. The summed E-state index contributed by atoms with van der Waals surface area (Å²) >= 11 is 1.80. The van der Waals surface area contributed by atoms with Crippen LogP contribution in [0.3, 0.4) is 0 Å².